The molecule has 0 aromatic carbocycles. The number of ether oxygens (including phenoxy) is 1. The molecule has 2 rings (SSSR count). The Morgan fingerprint density at radius 1 is 1.60 bits per heavy atom. The highest BCUT2D eigenvalue weighted by atomic mass is 16.5. The van der Waals surface area contributed by atoms with E-state index in [0.717, 1.165) is 0 Å². The third kappa shape index (κ3) is 1.55. The summed E-state index contributed by atoms with van der Waals surface area (Å²) < 4.78 is 5.40. The molecule has 0 spiro atoms. The van der Waals surface area contributed by atoms with Crippen molar-refractivity contribution in [3.63, 3.8) is 0 Å². The zero-order valence-corrected chi connectivity index (χ0v) is 9.03. The molecule has 5 heteroatoms. The fourth-order valence-electron chi connectivity index (χ4n) is 2.38. The van der Waals surface area contributed by atoms with Crippen LogP contribution in [0, 0.1) is 0 Å². The van der Waals surface area contributed by atoms with E-state index in [1.165, 1.54) is 6.92 Å². The van der Waals surface area contributed by atoms with Crippen molar-refractivity contribution >= 4 is 11.7 Å². The van der Waals surface area contributed by atoms with Crippen molar-refractivity contribution in [3.8, 4) is 0 Å². The number of fused-ring (bicyclic) bond motifs is 1. The van der Waals surface area contributed by atoms with Gasteiger partial charge >= 0.3 is 0 Å². The first-order chi connectivity index (χ1) is 7.16. The standard InChI is InChI=1S/C10H16N2O3/c1-6(13)7-3-4-15-5-8-9(11-2)10(14)12(7)8/h7-9,11H,3-5H2,1-2H3. The van der Waals surface area contributed by atoms with Crippen molar-refractivity contribution in [1.82, 2.24) is 10.2 Å². The predicted molar refractivity (Wildman–Crippen MR) is 53.4 cm³/mol. The van der Waals surface area contributed by atoms with E-state index in [1.807, 2.05) is 0 Å². The lowest BCUT2D eigenvalue weighted by Crippen LogP contribution is -2.73. The van der Waals surface area contributed by atoms with Crippen LogP contribution in [0.25, 0.3) is 0 Å². The number of carbonyl (C=O) groups is 2. The average Bonchev–Trinajstić information content (AvgIpc) is 2.38. The van der Waals surface area contributed by atoms with Gasteiger partial charge in [0.2, 0.25) is 5.91 Å². The summed E-state index contributed by atoms with van der Waals surface area (Å²) >= 11 is 0. The van der Waals surface area contributed by atoms with Crippen LogP contribution in [-0.4, -0.2) is 55.0 Å². The molecule has 0 radical (unpaired) electrons. The van der Waals surface area contributed by atoms with E-state index in [0.29, 0.717) is 19.6 Å². The summed E-state index contributed by atoms with van der Waals surface area (Å²) in [5.74, 6) is 0.0709. The maximum Gasteiger partial charge on any atom is 0.242 e. The molecular formula is C10H16N2O3. The van der Waals surface area contributed by atoms with Crippen molar-refractivity contribution in [2.75, 3.05) is 20.3 Å². The summed E-state index contributed by atoms with van der Waals surface area (Å²) in [4.78, 5) is 24.8. The number of nitrogens with zero attached hydrogens (tertiary/aromatic N) is 1. The molecule has 84 valence electrons. The largest absolute Gasteiger partial charge is 0.379 e. The van der Waals surface area contributed by atoms with Crippen molar-refractivity contribution in [1.29, 1.82) is 0 Å². The predicted octanol–water partition coefficient (Wildman–Crippen LogP) is -0.837. The summed E-state index contributed by atoms with van der Waals surface area (Å²) in [5.41, 5.74) is 0. The third-order valence-electron chi connectivity index (χ3n) is 3.20. The highest BCUT2D eigenvalue weighted by Gasteiger charge is 2.51. The Bertz CT molecular complexity index is 292. The van der Waals surface area contributed by atoms with Crippen molar-refractivity contribution in [2.45, 2.75) is 31.5 Å². The Kier molecular flexibility index (Phi) is 2.75. The van der Waals surface area contributed by atoms with Crippen LogP contribution in [0.3, 0.4) is 0 Å². The Hall–Kier alpha value is -0.940. The highest BCUT2D eigenvalue weighted by molar-refractivity contribution is 5.95. The number of β-lactam (4-membered cyclic amide) rings is 1. The lowest BCUT2D eigenvalue weighted by Gasteiger charge is -2.48. The van der Waals surface area contributed by atoms with Crippen LogP contribution in [0.5, 0.6) is 0 Å². The minimum Gasteiger partial charge on any atom is -0.379 e. The number of likely N-dealkylation sites (N-methyl/N-ethyl adjacent to an activating group) is 1. The fourth-order valence-corrected chi connectivity index (χ4v) is 2.38. The molecule has 5 nitrogen and oxygen atoms in total. The maximum atomic E-state index is 11.8. The van der Waals surface area contributed by atoms with Crippen molar-refractivity contribution < 1.29 is 14.3 Å². The number of rotatable bonds is 2. The van der Waals surface area contributed by atoms with Gasteiger partial charge in [0.05, 0.1) is 18.7 Å². The molecule has 3 atom stereocenters. The molecule has 2 saturated heterocycles. The number of hydrogen-bond donors (Lipinski definition) is 1. The highest BCUT2D eigenvalue weighted by Crippen LogP contribution is 2.27. The zero-order chi connectivity index (χ0) is 11.0. The van der Waals surface area contributed by atoms with Gasteiger partial charge < -0.3 is 15.0 Å². The van der Waals surface area contributed by atoms with E-state index in [-0.39, 0.29) is 29.8 Å². The Balaban J connectivity index is 2.17. The molecule has 0 aromatic heterocycles. The Morgan fingerprint density at radius 2 is 2.33 bits per heavy atom. The quantitative estimate of drug-likeness (QED) is 0.607. The van der Waals surface area contributed by atoms with E-state index < -0.39 is 0 Å². The van der Waals surface area contributed by atoms with Crippen molar-refractivity contribution in [3.05, 3.63) is 0 Å². The van der Waals surface area contributed by atoms with E-state index >= 15 is 0 Å². The number of amides is 1. The van der Waals surface area contributed by atoms with Crippen LogP contribution in [0.2, 0.25) is 0 Å². The summed E-state index contributed by atoms with van der Waals surface area (Å²) in [6, 6.07) is -0.432. The molecule has 0 saturated carbocycles. The van der Waals surface area contributed by atoms with Gasteiger partial charge in [-0.2, -0.15) is 0 Å². The summed E-state index contributed by atoms with van der Waals surface area (Å²) in [7, 11) is 1.76. The van der Waals surface area contributed by atoms with E-state index in [4.69, 9.17) is 4.74 Å². The van der Waals surface area contributed by atoms with Crippen molar-refractivity contribution in [2.24, 2.45) is 0 Å². The van der Waals surface area contributed by atoms with Crippen LogP contribution >= 0.6 is 0 Å². The van der Waals surface area contributed by atoms with Gasteiger partial charge in [0.15, 0.2) is 5.78 Å². The molecule has 0 aromatic rings. The monoisotopic (exact) mass is 212 g/mol. The fraction of sp³-hybridized carbons (Fsp3) is 0.800. The normalized spacial score (nSPS) is 35.5. The van der Waals surface area contributed by atoms with E-state index in [1.54, 1.807) is 11.9 Å². The smallest absolute Gasteiger partial charge is 0.242 e. The number of nitrogens with one attached hydrogen (secondary N) is 1. The van der Waals surface area contributed by atoms with Crippen LogP contribution in [0.15, 0.2) is 0 Å². The first-order valence-electron chi connectivity index (χ1n) is 5.24. The molecule has 3 unspecified atom stereocenters. The minimum absolute atomic E-state index is 0.0215. The molecule has 15 heavy (non-hydrogen) atoms. The first kappa shape index (κ1) is 10.6. The second-order valence-corrected chi connectivity index (χ2v) is 4.07. The topological polar surface area (TPSA) is 58.6 Å². The lowest BCUT2D eigenvalue weighted by atomic mass is 9.91. The van der Waals surface area contributed by atoms with Gasteiger partial charge in [-0.1, -0.05) is 0 Å². The summed E-state index contributed by atoms with van der Waals surface area (Å²) in [6.45, 7) is 2.62. The Labute approximate surface area is 88.8 Å². The van der Waals surface area contributed by atoms with Crippen LogP contribution < -0.4 is 5.32 Å². The van der Waals surface area contributed by atoms with E-state index in [2.05, 4.69) is 5.32 Å². The number of ketones is 1. The van der Waals surface area contributed by atoms with E-state index in [9.17, 15) is 9.59 Å². The van der Waals surface area contributed by atoms with Crippen LogP contribution in [-0.2, 0) is 14.3 Å². The average molecular weight is 212 g/mol. The molecule has 2 fully saturated rings. The number of Topliss-reactive ketones (excluding diaryl/α,β-unsaturated/α-hetero) is 1. The minimum atomic E-state index is -0.283. The van der Waals surface area contributed by atoms with Gasteiger partial charge in [0.25, 0.3) is 0 Å². The molecule has 2 heterocycles. The molecule has 2 aliphatic rings. The molecule has 0 bridgehead atoms. The molecule has 0 aliphatic carbocycles. The first-order valence-corrected chi connectivity index (χ1v) is 5.24. The molecule has 1 amide bonds. The van der Waals surface area contributed by atoms with Gasteiger partial charge in [0, 0.05) is 6.61 Å². The second kappa shape index (κ2) is 3.90. The van der Waals surface area contributed by atoms with Gasteiger partial charge in [-0.3, -0.25) is 9.59 Å². The maximum absolute atomic E-state index is 11.8. The van der Waals surface area contributed by atoms with Gasteiger partial charge in [-0.25, -0.2) is 0 Å². The SMILES string of the molecule is CNC1C(=O)N2C(C(C)=O)CCOCC12. The van der Waals surface area contributed by atoms with Gasteiger partial charge in [0.1, 0.15) is 6.04 Å². The molecule has 1 N–H and O–H groups in total. The summed E-state index contributed by atoms with van der Waals surface area (Å²) in [5, 5.41) is 2.96. The molecular weight excluding hydrogens is 196 g/mol. The third-order valence-corrected chi connectivity index (χ3v) is 3.20. The zero-order valence-electron chi connectivity index (χ0n) is 9.03. The van der Waals surface area contributed by atoms with Gasteiger partial charge in [-0.15, -0.1) is 0 Å². The Morgan fingerprint density at radius 3 is 2.93 bits per heavy atom. The number of carbonyl (C=O) groups excluding carboxylic acids is 2. The molecule has 2 aliphatic heterocycles. The number of hydrogen-bond acceptors (Lipinski definition) is 4. The van der Waals surface area contributed by atoms with Crippen LogP contribution in [0.4, 0.5) is 0 Å². The van der Waals surface area contributed by atoms with Crippen LogP contribution in [0.1, 0.15) is 13.3 Å². The summed E-state index contributed by atoms with van der Waals surface area (Å²) in [6.07, 6.45) is 0.619. The van der Waals surface area contributed by atoms with Gasteiger partial charge in [-0.05, 0) is 20.4 Å². The second-order valence-electron chi connectivity index (χ2n) is 4.07. The lowest BCUT2D eigenvalue weighted by molar-refractivity contribution is -0.159.